The number of ether oxygens (including phenoxy) is 1. The van der Waals surface area contributed by atoms with Crippen LogP contribution in [0.2, 0.25) is 18.1 Å². The highest BCUT2D eigenvalue weighted by Gasteiger charge is 2.80. The summed E-state index contributed by atoms with van der Waals surface area (Å²) < 4.78 is 29.4. The lowest BCUT2D eigenvalue weighted by atomic mass is 9.86. The van der Waals surface area contributed by atoms with Gasteiger partial charge in [0.15, 0.2) is 14.0 Å². The van der Waals surface area contributed by atoms with Crippen LogP contribution >= 0.6 is 0 Å². The molecule has 0 unspecified atom stereocenters. The van der Waals surface area contributed by atoms with E-state index < -0.39 is 35.4 Å². The maximum atomic E-state index is 13.2. The second-order valence-corrected chi connectivity index (χ2v) is 19.3. The van der Waals surface area contributed by atoms with Gasteiger partial charge in [-0.2, -0.15) is 0 Å². The number of hydrogen-bond donors (Lipinski definition) is 1. The Hall–Kier alpha value is -0.533. The van der Waals surface area contributed by atoms with Crippen LogP contribution in [0.3, 0.4) is 0 Å². The van der Waals surface area contributed by atoms with Crippen molar-refractivity contribution in [3.8, 4) is 0 Å². The van der Waals surface area contributed by atoms with Crippen LogP contribution in [0.15, 0.2) is 24.3 Å². The van der Waals surface area contributed by atoms with E-state index in [0.717, 1.165) is 5.56 Å². The van der Waals surface area contributed by atoms with Crippen molar-refractivity contribution in [3.63, 3.8) is 0 Å². The highest BCUT2D eigenvalue weighted by molar-refractivity contribution is 7.84. The third-order valence-corrected chi connectivity index (χ3v) is 13.3. The fourth-order valence-corrected chi connectivity index (χ4v) is 6.43. The largest absolute Gasteiger partial charge is 0.403 e. The van der Waals surface area contributed by atoms with Crippen LogP contribution in [0.5, 0.6) is 0 Å². The van der Waals surface area contributed by atoms with Gasteiger partial charge in [0.05, 0.1) is 15.7 Å². The zero-order chi connectivity index (χ0) is 24.3. The first-order chi connectivity index (χ1) is 13.8. The van der Waals surface area contributed by atoms with Crippen molar-refractivity contribution in [1.29, 1.82) is 0 Å². The SMILES string of the molecule is CO[C@]1(N[S@](=O)C(C)(C)C)[C@H](C)[C@]1(O[Si](C)(C)C(C)(C)C)c1ccc(C(C)(C)C)cc1. The van der Waals surface area contributed by atoms with E-state index in [1.54, 1.807) is 7.11 Å². The van der Waals surface area contributed by atoms with Crippen molar-refractivity contribution < 1.29 is 13.4 Å². The van der Waals surface area contributed by atoms with Crippen LogP contribution in [-0.4, -0.2) is 30.1 Å². The van der Waals surface area contributed by atoms with Gasteiger partial charge in [-0.15, -0.1) is 0 Å². The Bertz CT molecular complexity index is 817. The van der Waals surface area contributed by atoms with Gasteiger partial charge in [-0.05, 0) is 55.4 Å². The average Bonchev–Trinajstić information content (AvgIpc) is 3.09. The van der Waals surface area contributed by atoms with Crippen molar-refractivity contribution in [1.82, 2.24) is 4.72 Å². The number of nitrogens with one attached hydrogen (secondary N) is 1. The minimum atomic E-state index is -2.17. The summed E-state index contributed by atoms with van der Waals surface area (Å²) in [5.74, 6) is 0.00547. The second kappa shape index (κ2) is 8.05. The van der Waals surface area contributed by atoms with Crippen LogP contribution in [0.1, 0.15) is 80.4 Å². The smallest absolute Gasteiger partial charge is 0.193 e. The molecule has 0 radical (unpaired) electrons. The Balaban J connectivity index is 2.63. The Morgan fingerprint density at radius 1 is 0.968 bits per heavy atom. The topological polar surface area (TPSA) is 47.6 Å². The molecule has 1 aliphatic rings. The van der Waals surface area contributed by atoms with Gasteiger partial charge in [-0.3, -0.25) is 0 Å². The molecule has 2 rings (SSSR count). The van der Waals surface area contributed by atoms with E-state index >= 15 is 0 Å². The minimum Gasteiger partial charge on any atom is -0.403 e. The first-order valence-electron chi connectivity index (χ1n) is 11.3. The lowest BCUT2D eigenvalue weighted by Gasteiger charge is -2.41. The maximum absolute atomic E-state index is 13.2. The maximum Gasteiger partial charge on any atom is 0.193 e. The molecule has 178 valence electrons. The fraction of sp³-hybridized carbons (Fsp3) is 0.760. The molecule has 0 spiro atoms. The summed E-state index contributed by atoms with van der Waals surface area (Å²) in [6.45, 7) is 26.0. The van der Waals surface area contributed by atoms with Crippen LogP contribution < -0.4 is 4.72 Å². The van der Waals surface area contributed by atoms with E-state index in [9.17, 15) is 4.21 Å². The number of hydrogen-bond acceptors (Lipinski definition) is 3. The normalized spacial score (nSPS) is 28.5. The first-order valence-corrected chi connectivity index (χ1v) is 15.4. The summed E-state index contributed by atoms with van der Waals surface area (Å²) in [5, 5.41) is 0.0380. The van der Waals surface area contributed by atoms with E-state index in [1.807, 2.05) is 20.8 Å². The fourth-order valence-electron chi connectivity index (χ4n) is 3.88. The third-order valence-electron chi connectivity index (χ3n) is 7.21. The molecule has 1 aliphatic carbocycles. The summed E-state index contributed by atoms with van der Waals surface area (Å²) in [7, 11) is -1.77. The Kier molecular flexibility index (Phi) is 6.94. The molecule has 0 saturated heterocycles. The van der Waals surface area contributed by atoms with E-state index in [0.29, 0.717) is 0 Å². The molecule has 1 aromatic rings. The highest BCUT2D eigenvalue weighted by Crippen LogP contribution is 2.66. The molecule has 0 bridgehead atoms. The van der Waals surface area contributed by atoms with Crippen LogP contribution in [-0.2, 0) is 31.2 Å². The Labute approximate surface area is 194 Å². The van der Waals surface area contributed by atoms with Crippen molar-refractivity contribution in [2.45, 2.75) is 109 Å². The molecule has 0 heterocycles. The van der Waals surface area contributed by atoms with Gasteiger partial charge in [0.2, 0.25) is 0 Å². The van der Waals surface area contributed by atoms with Gasteiger partial charge in [-0.1, -0.05) is 72.7 Å². The molecular weight excluding hydrogens is 422 g/mol. The summed E-state index contributed by atoms with van der Waals surface area (Å²) in [6, 6.07) is 8.73. The number of benzene rings is 1. The molecule has 31 heavy (non-hydrogen) atoms. The van der Waals surface area contributed by atoms with Crippen molar-refractivity contribution in [2.24, 2.45) is 5.92 Å². The van der Waals surface area contributed by atoms with E-state index in [-0.39, 0.29) is 16.4 Å². The molecule has 1 aromatic carbocycles. The Morgan fingerprint density at radius 3 is 1.81 bits per heavy atom. The molecule has 1 saturated carbocycles. The standard InChI is InChI=1S/C25H45NO3SSi/c1-18-24(29-31(12,13)23(8,9)10,20-16-14-19(15-17-20)21(2,3)4)25(18,28-11)26-30(27)22(5,6)7/h14-18,26H,1-13H3/t18-,24+,25-,30-/m1/s1. The lowest BCUT2D eigenvalue weighted by molar-refractivity contribution is -0.0150. The van der Waals surface area contributed by atoms with Crippen molar-refractivity contribution >= 4 is 19.3 Å². The molecule has 6 heteroatoms. The summed E-state index contributed by atoms with van der Waals surface area (Å²) >= 11 is 0. The van der Waals surface area contributed by atoms with E-state index in [1.165, 1.54) is 5.56 Å². The molecular formula is C25H45NO3SSi. The molecule has 4 atom stereocenters. The van der Waals surface area contributed by atoms with E-state index in [4.69, 9.17) is 9.16 Å². The summed E-state index contributed by atoms with van der Waals surface area (Å²) in [5.41, 5.74) is 0.900. The zero-order valence-electron chi connectivity index (χ0n) is 22.0. The van der Waals surface area contributed by atoms with Gasteiger partial charge in [0, 0.05) is 13.0 Å². The number of methoxy groups -OCH3 is 1. The highest BCUT2D eigenvalue weighted by atomic mass is 32.2. The van der Waals surface area contributed by atoms with Gasteiger partial charge in [0.25, 0.3) is 0 Å². The predicted molar refractivity (Wildman–Crippen MR) is 135 cm³/mol. The molecule has 1 N–H and O–H groups in total. The van der Waals surface area contributed by atoms with Crippen molar-refractivity contribution in [3.05, 3.63) is 35.4 Å². The Morgan fingerprint density at radius 2 is 1.45 bits per heavy atom. The predicted octanol–water partition coefficient (Wildman–Crippen LogP) is 6.25. The van der Waals surface area contributed by atoms with Crippen LogP contribution in [0.25, 0.3) is 0 Å². The van der Waals surface area contributed by atoms with Crippen LogP contribution in [0.4, 0.5) is 0 Å². The van der Waals surface area contributed by atoms with Gasteiger partial charge >= 0.3 is 0 Å². The molecule has 0 aliphatic heterocycles. The first kappa shape index (κ1) is 26.7. The van der Waals surface area contributed by atoms with Gasteiger partial charge in [0.1, 0.15) is 5.60 Å². The van der Waals surface area contributed by atoms with Crippen LogP contribution in [0, 0.1) is 5.92 Å². The summed E-state index contributed by atoms with van der Waals surface area (Å²) in [4.78, 5) is 0. The third kappa shape index (κ3) is 4.61. The quantitative estimate of drug-likeness (QED) is 0.397. The second-order valence-electron chi connectivity index (χ2n) is 12.6. The summed E-state index contributed by atoms with van der Waals surface area (Å²) in [6.07, 6.45) is 0. The molecule has 1 fully saturated rings. The monoisotopic (exact) mass is 467 g/mol. The molecule has 0 aromatic heterocycles. The molecule has 4 nitrogen and oxygen atoms in total. The van der Waals surface area contributed by atoms with E-state index in [2.05, 4.69) is 90.5 Å². The van der Waals surface area contributed by atoms with Gasteiger partial charge in [-0.25, -0.2) is 8.93 Å². The minimum absolute atomic E-state index is 0.00547. The molecule has 0 amide bonds. The zero-order valence-corrected chi connectivity index (χ0v) is 23.8. The van der Waals surface area contributed by atoms with Gasteiger partial charge < -0.3 is 9.16 Å². The number of rotatable bonds is 6. The average molecular weight is 468 g/mol. The lowest BCUT2D eigenvalue weighted by Crippen LogP contribution is -2.52. The van der Waals surface area contributed by atoms with Crippen molar-refractivity contribution in [2.75, 3.05) is 7.11 Å².